The minimum Gasteiger partial charge on any atom is -0.377 e. The van der Waals surface area contributed by atoms with Crippen LogP contribution in [-0.4, -0.2) is 39.0 Å². The van der Waals surface area contributed by atoms with E-state index in [0.717, 1.165) is 19.4 Å². The maximum atomic E-state index is 5.98. The highest BCUT2D eigenvalue weighted by molar-refractivity contribution is 4.88. The maximum Gasteiger partial charge on any atom is 0.176 e. The van der Waals surface area contributed by atoms with Crippen LogP contribution in [0.3, 0.4) is 0 Å². The lowest BCUT2D eigenvalue weighted by molar-refractivity contribution is 0.0894. The first-order valence-electron chi connectivity index (χ1n) is 4.86. The molecule has 0 radical (unpaired) electrons. The lowest BCUT2D eigenvalue weighted by atomic mass is 10.1. The van der Waals surface area contributed by atoms with Crippen molar-refractivity contribution in [3.05, 3.63) is 5.82 Å². The van der Waals surface area contributed by atoms with Gasteiger partial charge in [-0.15, -0.1) is 10.2 Å². The third kappa shape index (κ3) is 2.08. The zero-order valence-electron chi connectivity index (χ0n) is 8.26. The van der Waals surface area contributed by atoms with Gasteiger partial charge in [-0.05, 0) is 18.1 Å². The summed E-state index contributed by atoms with van der Waals surface area (Å²) in [5.74, 6) is 0.690. The topological polar surface area (TPSA) is 78.9 Å². The van der Waals surface area contributed by atoms with Crippen LogP contribution in [0.15, 0.2) is 0 Å². The molecule has 1 aliphatic heterocycles. The number of aryl methyl sites for hydroxylation is 1. The molecule has 6 nitrogen and oxygen atoms in total. The summed E-state index contributed by atoms with van der Waals surface area (Å²) in [7, 11) is 1.74. The molecule has 2 rings (SSSR count). The summed E-state index contributed by atoms with van der Waals surface area (Å²) in [6.07, 6.45) is 2.95. The van der Waals surface area contributed by atoms with E-state index in [0.29, 0.717) is 12.2 Å². The summed E-state index contributed by atoms with van der Waals surface area (Å²) in [5, 5.41) is 11.7. The van der Waals surface area contributed by atoms with Crippen LogP contribution in [0, 0.1) is 0 Å². The van der Waals surface area contributed by atoms with Crippen molar-refractivity contribution in [3.63, 3.8) is 0 Å². The highest BCUT2D eigenvalue weighted by Crippen LogP contribution is 2.15. The molecular weight excluding hydrogens is 182 g/mol. The van der Waals surface area contributed by atoms with Crippen molar-refractivity contribution in [3.8, 4) is 0 Å². The van der Waals surface area contributed by atoms with Gasteiger partial charge in [0.25, 0.3) is 0 Å². The van der Waals surface area contributed by atoms with Crippen molar-refractivity contribution >= 4 is 0 Å². The number of nitrogens with zero attached hydrogens (tertiary/aromatic N) is 4. The fourth-order valence-electron chi connectivity index (χ4n) is 1.69. The van der Waals surface area contributed by atoms with Crippen LogP contribution in [-0.2, 0) is 18.2 Å². The Balaban J connectivity index is 1.90. The highest BCUT2D eigenvalue weighted by Gasteiger charge is 2.24. The van der Waals surface area contributed by atoms with Gasteiger partial charge in [0.05, 0.1) is 13.2 Å². The smallest absolute Gasteiger partial charge is 0.176 e. The fourth-order valence-corrected chi connectivity index (χ4v) is 1.69. The van der Waals surface area contributed by atoms with E-state index in [2.05, 4.69) is 15.4 Å². The predicted octanol–water partition coefficient (Wildman–Crippen LogP) is -0.741. The van der Waals surface area contributed by atoms with E-state index in [-0.39, 0.29) is 12.1 Å². The standard InChI is InChI=1S/C8H15N5O/c1-13-11-8(10-12-13)5-6(9)7-3-2-4-14-7/h6-7H,2-5,9H2,1H3. The second-order valence-corrected chi connectivity index (χ2v) is 3.61. The van der Waals surface area contributed by atoms with Gasteiger partial charge in [0.1, 0.15) is 0 Å². The molecule has 0 bridgehead atoms. The summed E-state index contributed by atoms with van der Waals surface area (Å²) in [6.45, 7) is 0.826. The Hall–Kier alpha value is -1.01. The zero-order chi connectivity index (χ0) is 9.97. The van der Waals surface area contributed by atoms with Crippen molar-refractivity contribution in [1.82, 2.24) is 20.2 Å². The lowest BCUT2D eigenvalue weighted by Gasteiger charge is -2.16. The molecule has 0 saturated carbocycles. The third-order valence-electron chi connectivity index (χ3n) is 2.41. The van der Waals surface area contributed by atoms with Crippen LogP contribution >= 0.6 is 0 Å². The van der Waals surface area contributed by atoms with Gasteiger partial charge < -0.3 is 10.5 Å². The summed E-state index contributed by atoms with van der Waals surface area (Å²) >= 11 is 0. The maximum absolute atomic E-state index is 5.98. The van der Waals surface area contributed by atoms with Crippen molar-refractivity contribution < 1.29 is 4.74 Å². The number of nitrogens with two attached hydrogens (primary N) is 1. The van der Waals surface area contributed by atoms with Gasteiger partial charge in [0.15, 0.2) is 5.82 Å². The van der Waals surface area contributed by atoms with E-state index in [4.69, 9.17) is 10.5 Å². The van der Waals surface area contributed by atoms with E-state index in [9.17, 15) is 0 Å². The number of ether oxygens (including phenoxy) is 1. The van der Waals surface area contributed by atoms with E-state index in [1.54, 1.807) is 7.05 Å². The largest absolute Gasteiger partial charge is 0.377 e. The molecule has 1 aromatic heterocycles. The first-order chi connectivity index (χ1) is 6.75. The van der Waals surface area contributed by atoms with Gasteiger partial charge in [-0.3, -0.25) is 0 Å². The molecule has 1 aliphatic rings. The normalized spacial score (nSPS) is 24.0. The Kier molecular flexibility index (Phi) is 2.74. The molecule has 0 aliphatic carbocycles. The Bertz CT molecular complexity index is 294. The third-order valence-corrected chi connectivity index (χ3v) is 2.41. The monoisotopic (exact) mass is 197 g/mol. The van der Waals surface area contributed by atoms with Crippen molar-refractivity contribution in [1.29, 1.82) is 0 Å². The second-order valence-electron chi connectivity index (χ2n) is 3.61. The first kappa shape index (κ1) is 9.54. The molecule has 2 unspecified atom stereocenters. The molecule has 1 fully saturated rings. The van der Waals surface area contributed by atoms with Crippen LogP contribution < -0.4 is 5.73 Å². The van der Waals surface area contributed by atoms with E-state index >= 15 is 0 Å². The molecule has 2 atom stereocenters. The molecule has 0 spiro atoms. The molecule has 6 heteroatoms. The van der Waals surface area contributed by atoms with E-state index < -0.39 is 0 Å². The Morgan fingerprint density at radius 2 is 2.57 bits per heavy atom. The minimum absolute atomic E-state index is 0.0123. The van der Waals surface area contributed by atoms with Crippen LogP contribution in [0.2, 0.25) is 0 Å². The molecule has 0 aromatic carbocycles. The Labute approximate surface area is 82.4 Å². The number of rotatable bonds is 3. The van der Waals surface area contributed by atoms with Gasteiger partial charge in [0.2, 0.25) is 0 Å². The Morgan fingerprint density at radius 1 is 1.71 bits per heavy atom. The number of aromatic nitrogens is 4. The van der Waals surface area contributed by atoms with E-state index in [1.165, 1.54) is 4.80 Å². The number of hydrogen-bond donors (Lipinski definition) is 1. The summed E-state index contributed by atoms with van der Waals surface area (Å²) in [4.78, 5) is 1.44. The van der Waals surface area contributed by atoms with Gasteiger partial charge >= 0.3 is 0 Å². The highest BCUT2D eigenvalue weighted by atomic mass is 16.5. The van der Waals surface area contributed by atoms with Crippen LogP contribution in [0.1, 0.15) is 18.7 Å². The molecule has 1 saturated heterocycles. The predicted molar refractivity (Wildman–Crippen MR) is 49.5 cm³/mol. The van der Waals surface area contributed by atoms with Crippen LogP contribution in [0.4, 0.5) is 0 Å². The number of hydrogen-bond acceptors (Lipinski definition) is 5. The van der Waals surface area contributed by atoms with Gasteiger partial charge in [0, 0.05) is 19.1 Å². The summed E-state index contributed by atoms with van der Waals surface area (Å²) in [5.41, 5.74) is 5.98. The molecule has 78 valence electrons. The molecule has 2 N–H and O–H groups in total. The van der Waals surface area contributed by atoms with Gasteiger partial charge in [-0.2, -0.15) is 4.80 Å². The van der Waals surface area contributed by atoms with Gasteiger partial charge in [-0.25, -0.2) is 0 Å². The van der Waals surface area contributed by atoms with Crippen molar-refractivity contribution in [2.24, 2.45) is 12.8 Å². The average molecular weight is 197 g/mol. The van der Waals surface area contributed by atoms with Crippen molar-refractivity contribution in [2.75, 3.05) is 6.61 Å². The van der Waals surface area contributed by atoms with Gasteiger partial charge in [-0.1, -0.05) is 0 Å². The minimum atomic E-state index is -0.0123. The second kappa shape index (κ2) is 4.02. The molecule has 0 amide bonds. The summed E-state index contributed by atoms with van der Waals surface area (Å²) < 4.78 is 5.49. The lowest BCUT2D eigenvalue weighted by Crippen LogP contribution is -2.36. The fraction of sp³-hybridized carbons (Fsp3) is 0.875. The molecule has 14 heavy (non-hydrogen) atoms. The summed E-state index contributed by atoms with van der Waals surface area (Å²) in [6, 6.07) is -0.0123. The molecular formula is C8H15N5O. The SMILES string of the molecule is Cn1nnc(CC(N)C2CCCO2)n1. The van der Waals surface area contributed by atoms with Crippen LogP contribution in [0.25, 0.3) is 0 Å². The first-order valence-corrected chi connectivity index (χ1v) is 4.86. The van der Waals surface area contributed by atoms with Crippen LogP contribution in [0.5, 0.6) is 0 Å². The van der Waals surface area contributed by atoms with E-state index in [1.807, 2.05) is 0 Å². The average Bonchev–Trinajstić information content (AvgIpc) is 2.75. The molecule has 2 heterocycles. The quantitative estimate of drug-likeness (QED) is 0.690. The van der Waals surface area contributed by atoms with Crippen molar-refractivity contribution in [2.45, 2.75) is 31.4 Å². The molecule has 1 aromatic rings. The number of tetrazole rings is 1. The zero-order valence-corrected chi connectivity index (χ0v) is 8.26. The Morgan fingerprint density at radius 3 is 3.14 bits per heavy atom.